The predicted octanol–water partition coefficient (Wildman–Crippen LogP) is 0.972. The standard InChI is InChI=1S/C13H18N2O2/c1-9-6-10(13(14)16)2-3-11(9)8-17-12-4-5-15-7-12/h2-3,6,12,15H,4-5,7-8H2,1H3,(H2,14,16). The molecule has 92 valence electrons. The summed E-state index contributed by atoms with van der Waals surface area (Å²) in [5.74, 6) is -0.388. The van der Waals surface area contributed by atoms with E-state index < -0.39 is 0 Å². The quantitative estimate of drug-likeness (QED) is 0.816. The van der Waals surface area contributed by atoms with Crippen LogP contribution in [0.25, 0.3) is 0 Å². The number of ether oxygens (including phenoxy) is 1. The molecule has 0 saturated carbocycles. The lowest BCUT2D eigenvalue weighted by atomic mass is 10.1. The van der Waals surface area contributed by atoms with Crippen LogP contribution in [0, 0.1) is 6.92 Å². The van der Waals surface area contributed by atoms with Crippen LogP contribution >= 0.6 is 0 Å². The number of aryl methyl sites for hydroxylation is 1. The van der Waals surface area contributed by atoms with Gasteiger partial charge in [0, 0.05) is 12.1 Å². The first kappa shape index (κ1) is 12.1. The molecule has 1 amide bonds. The van der Waals surface area contributed by atoms with Crippen molar-refractivity contribution in [1.29, 1.82) is 0 Å². The molecule has 1 saturated heterocycles. The molecule has 1 aromatic carbocycles. The van der Waals surface area contributed by atoms with Crippen molar-refractivity contribution in [2.24, 2.45) is 5.73 Å². The summed E-state index contributed by atoms with van der Waals surface area (Å²) in [5, 5.41) is 3.26. The van der Waals surface area contributed by atoms with Crippen LogP contribution in [0.15, 0.2) is 18.2 Å². The Bertz CT molecular complexity index is 412. The number of hydrogen-bond donors (Lipinski definition) is 2. The Kier molecular flexibility index (Phi) is 3.76. The molecule has 1 atom stereocenters. The van der Waals surface area contributed by atoms with Crippen molar-refractivity contribution in [3.05, 3.63) is 34.9 Å². The largest absolute Gasteiger partial charge is 0.372 e. The number of carbonyl (C=O) groups excluding carboxylic acids is 1. The highest BCUT2D eigenvalue weighted by Crippen LogP contribution is 2.14. The zero-order chi connectivity index (χ0) is 12.3. The maximum absolute atomic E-state index is 11.0. The molecule has 0 aliphatic carbocycles. The fraction of sp³-hybridized carbons (Fsp3) is 0.462. The molecule has 0 spiro atoms. The smallest absolute Gasteiger partial charge is 0.248 e. The van der Waals surface area contributed by atoms with E-state index in [4.69, 9.17) is 10.5 Å². The van der Waals surface area contributed by atoms with Crippen molar-refractivity contribution >= 4 is 5.91 Å². The van der Waals surface area contributed by atoms with Crippen LogP contribution < -0.4 is 11.1 Å². The van der Waals surface area contributed by atoms with E-state index in [2.05, 4.69) is 5.32 Å². The summed E-state index contributed by atoms with van der Waals surface area (Å²) in [6.45, 7) is 4.53. The van der Waals surface area contributed by atoms with E-state index in [1.165, 1.54) is 0 Å². The van der Waals surface area contributed by atoms with Gasteiger partial charge in [-0.05, 0) is 43.1 Å². The molecule has 4 nitrogen and oxygen atoms in total. The topological polar surface area (TPSA) is 64.4 Å². The second-order valence-electron chi connectivity index (χ2n) is 4.43. The Morgan fingerprint density at radius 3 is 3.00 bits per heavy atom. The Labute approximate surface area is 101 Å². The van der Waals surface area contributed by atoms with Crippen LogP contribution in [-0.4, -0.2) is 25.1 Å². The van der Waals surface area contributed by atoms with E-state index in [-0.39, 0.29) is 5.91 Å². The van der Waals surface area contributed by atoms with E-state index in [0.29, 0.717) is 18.3 Å². The number of nitrogens with one attached hydrogen (secondary N) is 1. The lowest BCUT2D eigenvalue weighted by Crippen LogP contribution is -2.17. The maximum Gasteiger partial charge on any atom is 0.248 e. The van der Waals surface area contributed by atoms with Gasteiger partial charge in [0.25, 0.3) is 0 Å². The Balaban J connectivity index is 1.98. The highest BCUT2D eigenvalue weighted by Gasteiger charge is 2.15. The van der Waals surface area contributed by atoms with Gasteiger partial charge < -0.3 is 15.8 Å². The summed E-state index contributed by atoms with van der Waals surface area (Å²) in [5.41, 5.74) is 7.94. The molecule has 1 heterocycles. The zero-order valence-corrected chi connectivity index (χ0v) is 10.0. The van der Waals surface area contributed by atoms with E-state index >= 15 is 0 Å². The lowest BCUT2D eigenvalue weighted by molar-refractivity contribution is 0.0539. The average molecular weight is 234 g/mol. The van der Waals surface area contributed by atoms with Gasteiger partial charge in [-0.1, -0.05) is 6.07 Å². The molecule has 17 heavy (non-hydrogen) atoms. The van der Waals surface area contributed by atoms with Gasteiger partial charge in [-0.3, -0.25) is 4.79 Å². The number of carbonyl (C=O) groups is 1. The van der Waals surface area contributed by atoms with Gasteiger partial charge in [-0.25, -0.2) is 0 Å². The van der Waals surface area contributed by atoms with Gasteiger partial charge >= 0.3 is 0 Å². The Morgan fingerprint density at radius 1 is 1.59 bits per heavy atom. The Morgan fingerprint density at radius 2 is 2.41 bits per heavy atom. The number of amides is 1. The van der Waals surface area contributed by atoms with Gasteiger partial charge in [0.2, 0.25) is 5.91 Å². The summed E-state index contributed by atoms with van der Waals surface area (Å²) in [7, 11) is 0. The van der Waals surface area contributed by atoms with Gasteiger partial charge in [-0.2, -0.15) is 0 Å². The number of nitrogens with two attached hydrogens (primary N) is 1. The summed E-state index contributed by atoms with van der Waals surface area (Å²) in [6.07, 6.45) is 1.38. The monoisotopic (exact) mass is 234 g/mol. The van der Waals surface area contributed by atoms with Crippen molar-refractivity contribution < 1.29 is 9.53 Å². The van der Waals surface area contributed by atoms with Gasteiger partial charge in [0.15, 0.2) is 0 Å². The Hall–Kier alpha value is -1.39. The van der Waals surface area contributed by atoms with Gasteiger partial charge in [0.05, 0.1) is 12.7 Å². The van der Waals surface area contributed by atoms with Crippen molar-refractivity contribution in [1.82, 2.24) is 5.32 Å². The van der Waals surface area contributed by atoms with E-state index in [1.54, 1.807) is 6.07 Å². The molecule has 1 aromatic rings. The number of hydrogen-bond acceptors (Lipinski definition) is 3. The normalized spacial score (nSPS) is 19.5. The molecule has 1 fully saturated rings. The minimum atomic E-state index is -0.388. The van der Waals surface area contributed by atoms with Crippen molar-refractivity contribution in [3.63, 3.8) is 0 Å². The van der Waals surface area contributed by atoms with Crippen LogP contribution in [0.5, 0.6) is 0 Å². The molecule has 1 aliphatic heterocycles. The maximum atomic E-state index is 11.0. The second-order valence-corrected chi connectivity index (χ2v) is 4.43. The van der Waals surface area contributed by atoms with E-state index in [1.807, 2.05) is 19.1 Å². The zero-order valence-electron chi connectivity index (χ0n) is 10.0. The molecule has 2 rings (SSSR count). The molecule has 1 unspecified atom stereocenters. The molecule has 4 heteroatoms. The minimum Gasteiger partial charge on any atom is -0.372 e. The van der Waals surface area contributed by atoms with Crippen LogP contribution in [0.4, 0.5) is 0 Å². The third-order valence-corrected chi connectivity index (χ3v) is 3.12. The minimum absolute atomic E-state index is 0.310. The SMILES string of the molecule is Cc1cc(C(N)=O)ccc1COC1CCNC1. The summed E-state index contributed by atoms with van der Waals surface area (Å²) >= 11 is 0. The fourth-order valence-corrected chi connectivity index (χ4v) is 1.99. The predicted molar refractivity (Wildman–Crippen MR) is 65.8 cm³/mol. The molecule has 0 aromatic heterocycles. The van der Waals surface area contributed by atoms with E-state index in [9.17, 15) is 4.79 Å². The van der Waals surface area contributed by atoms with Crippen LogP contribution in [0.1, 0.15) is 27.9 Å². The number of rotatable bonds is 4. The molecular formula is C13H18N2O2. The summed E-state index contributed by atoms with van der Waals surface area (Å²) < 4.78 is 5.79. The van der Waals surface area contributed by atoms with Crippen molar-refractivity contribution in [2.45, 2.75) is 26.1 Å². The third-order valence-electron chi connectivity index (χ3n) is 3.12. The van der Waals surface area contributed by atoms with Gasteiger partial charge in [-0.15, -0.1) is 0 Å². The lowest BCUT2D eigenvalue weighted by Gasteiger charge is -2.12. The third kappa shape index (κ3) is 3.05. The highest BCUT2D eigenvalue weighted by molar-refractivity contribution is 5.93. The van der Waals surface area contributed by atoms with Crippen LogP contribution in [0.2, 0.25) is 0 Å². The average Bonchev–Trinajstić information content (AvgIpc) is 2.80. The van der Waals surface area contributed by atoms with Gasteiger partial charge in [0.1, 0.15) is 0 Å². The van der Waals surface area contributed by atoms with E-state index in [0.717, 1.165) is 30.6 Å². The number of primary amides is 1. The molecule has 1 aliphatic rings. The first-order chi connectivity index (χ1) is 8.16. The van der Waals surface area contributed by atoms with Crippen LogP contribution in [-0.2, 0) is 11.3 Å². The summed E-state index contributed by atoms with van der Waals surface area (Å²) in [6, 6.07) is 5.48. The first-order valence-corrected chi connectivity index (χ1v) is 5.88. The van der Waals surface area contributed by atoms with Crippen LogP contribution in [0.3, 0.4) is 0 Å². The molecule has 3 N–H and O–H groups in total. The highest BCUT2D eigenvalue weighted by atomic mass is 16.5. The first-order valence-electron chi connectivity index (χ1n) is 5.88. The fourth-order valence-electron chi connectivity index (χ4n) is 1.99. The second kappa shape index (κ2) is 5.29. The molecular weight excluding hydrogens is 216 g/mol. The van der Waals surface area contributed by atoms with Crippen molar-refractivity contribution in [3.8, 4) is 0 Å². The molecule has 0 bridgehead atoms. The van der Waals surface area contributed by atoms with Crippen molar-refractivity contribution in [2.75, 3.05) is 13.1 Å². The number of benzene rings is 1. The summed E-state index contributed by atoms with van der Waals surface area (Å²) in [4.78, 5) is 11.0. The molecule has 0 radical (unpaired) electrons.